The van der Waals surface area contributed by atoms with Crippen molar-refractivity contribution in [1.82, 2.24) is 0 Å². The molecule has 0 unspecified atom stereocenters. The van der Waals surface area contributed by atoms with Gasteiger partial charge in [-0.15, -0.1) is 0 Å². The highest BCUT2D eigenvalue weighted by Crippen LogP contribution is 2.41. The Hall–Kier alpha value is -1.22. The normalized spacial score (nSPS) is 11.4. The van der Waals surface area contributed by atoms with Crippen molar-refractivity contribution < 1.29 is 14.6 Å². The number of benzene rings is 1. The molecule has 0 bridgehead atoms. The molecule has 1 aromatic carbocycles. The minimum absolute atomic E-state index is 0.609. The topological polar surface area (TPSA) is 38.7 Å². The summed E-state index contributed by atoms with van der Waals surface area (Å²) in [6.45, 7) is 7.44. The summed E-state index contributed by atoms with van der Waals surface area (Å²) >= 11 is 0. The molecule has 3 nitrogen and oxygen atoms in total. The average Bonchev–Trinajstić information content (AvgIpc) is 2.19. The molecule has 0 saturated heterocycles. The van der Waals surface area contributed by atoms with Crippen LogP contribution in [0.5, 0.6) is 11.5 Å². The molecule has 16 heavy (non-hydrogen) atoms. The fourth-order valence-electron chi connectivity index (χ4n) is 1.76. The Labute approximate surface area is 97.0 Å². The monoisotopic (exact) mass is 224 g/mol. The first-order valence-corrected chi connectivity index (χ1v) is 5.28. The fourth-order valence-corrected chi connectivity index (χ4v) is 1.76. The molecule has 0 aliphatic carbocycles. The van der Waals surface area contributed by atoms with Crippen molar-refractivity contribution in [1.29, 1.82) is 0 Å². The second kappa shape index (κ2) is 4.34. The van der Waals surface area contributed by atoms with Crippen LogP contribution >= 0.6 is 0 Å². The molecule has 1 aromatic rings. The van der Waals surface area contributed by atoms with Crippen molar-refractivity contribution in [2.45, 2.75) is 33.3 Å². The molecule has 0 aromatic heterocycles. The number of hydrogen-bond acceptors (Lipinski definition) is 3. The van der Waals surface area contributed by atoms with Crippen LogP contribution in [-0.4, -0.2) is 19.3 Å². The molecule has 0 aliphatic heterocycles. The number of methoxy groups -OCH3 is 2. The van der Waals surface area contributed by atoms with Gasteiger partial charge >= 0.3 is 0 Å². The van der Waals surface area contributed by atoms with E-state index in [1.807, 2.05) is 19.9 Å². The lowest BCUT2D eigenvalue weighted by Gasteiger charge is -2.24. The third kappa shape index (κ3) is 2.14. The maximum atomic E-state index is 10.1. The molecule has 0 aliphatic rings. The van der Waals surface area contributed by atoms with Gasteiger partial charge in [-0.1, -0.05) is 0 Å². The zero-order valence-corrected chi connectivity index (χ0v) is 10.8. The highest BCUT2D eigenvalue weighted by atomic mass is 16.5. The summed E-state index contributed by atoms with van der Waals surface area (Å²) in [4.78, 5) is 0. The first-order chi connectivity index (χ1) is 7.32. The second-order valence-corrected chi connectivity index (χ2v) is 4.49. The summed E-state index contributed by atoms with van der Waals surface area (Å²) < 4.78 is 10.7. The first kappa shape index (κ1) is 12.8. The molecule has 1 N–H and O–H groups in total. The van der Waals surface area contributed by atoms with E-state index in [1.54, 1.807) is 28.1 Å². The minimum atomic E-state index is -0.947. The lowest BCUT2D eigenvalue weighted by Crippen LogP contribution is -2.18. The molecule has 0 heterocycles. The van der Waals surface area contributed by atoms with Gasteiger partial charge in [0.15, 0.2) is 11.5 Å². The third-order valence-corrected chi connectivity index (χ3v) is 2.81. The summed E-state index contributed by atoms with van der Waals surface area (Å²) in [6.07, 6.45) is 0. The van der Waals surface area contributed by atoms with Crippen molar-refractivity contribution in [2.24, 2.45) is 0 Å². The molecule has 90 valence electrons. The highest BCUT2D eigenvalue weighted by Gasteiger charge is 2.25. The fraction of sp³-hybridized carbons (Fsp3) is 0.538. The maximum Gasteiger partial charge on any atom is 0.167 e. The van der Waals surface area contributed by atoms with Crippen molar-refractivity contribution in [2.75, 3.05) is 14.2 Å². The number of aryl methyl sites for hydroxylation is 1. The lowest BCUT2D eigenvalue weighted by molar-refractivity contribution is 0.0750. The SMILES string of the molecule is COc1c(C(C)(C)O)cc(C)c(C)c1OC. The van der Waals surface area contributed by atoms with Crippen LogP contribution < -0.4 is 9.47 Å². The van der Waals surface area contributed by atoms with Crippen molar-refractivity contribution in [3.8, 4) is 11.5 Å². The van der Waals surface area contributed by atoms with Crippen LogP contribution in [0.25, 0.3) is 0 Å². The van der Waals surface area contributed by atoms with Gasteiger partial charge in [0.25, 0.3) is 0 Å². The van der Waals surface area contributed by atoms with E-state index in [9.17, 15) is 5.11 Å². The van der Waals surface area contributed by atoms with Crippen molar-refractivity contribution >= 4 is 0 Å². The first-order valence-electron chi connectivity index (χ1n) is 5.28. The maximum absolute atomic E-state index is 10.1. The second-order valence-electron chi connectivity index (χ2n) is 4.49. The number of ether oxygens (including phenoxy) is 2. The van der Waals surface area contributed by atoms with Crippen molar-refractivity contribution in [3.05, 3.63) is 22.8 Å². The van der Waals surface area contributed by atoms with E-state index < -0.39 is 5.60 Å². The van der Waals surface area contributed by atoms with Crippen LogP contribution in [0.2, 0.25) is 0 Å². The van der Waals surface area contributed by atoms with Gasteiger partial charge in [0.05, 0.1) is 19.8 Å². The Balaban J connectivity index is 3.57. The van der Waals surface area contributed by atoms with Gasteiger partial charge in [-0.05, 0) is 44.9 Å². The summed E-state index contributed by atoms with van der Waals surface area (Å²) in [7, 11) is 3.19. The van der Waals surface area contributed by atoms with Crippen LogP contribution in [0.15, 0.2) is 6.07 Å². The van der Waals surface area contributed by atoms with E-state index in [2.05, 4.69) is 0 Å². The van der Waals surface area contributed by atoms with Gasteiger partial charge in [-0.3, -0.25) is 0 Å². The molecule has 0 fully saturated rings. The Morgan fingerprint density at radius 1 is 1.06 bits per heavy atom. The quantitative estimate of drug-likeness (QED) is 0.857. The van der Waals surface area contributed by atoms with Gasteiger partial charge in [0.2, 0.25) is 0 Å². The van der Waals surface area contributed by atoms with E-state index >= 15 is 0 Å². The summed E-state index contributed by atoms with van der Waals surface area (Å²) in [5.74, 6) is 1.30. The highest BCUT2D eigenvalue weighted by molar-refractivity contribution is 5.56. The Morgan fingerprint density at radius 2 is 1.56 bits per heavy atom. The summed E-state index contributed by atoms with van der Waals surface area (Å²) in [5.41, 5.74) is 1.91. The molecule has 0 spiro atoms. The van der Waals surface area contributed by atoms with Gasteiger partial charge in [0.1, 0.15) is 0 Å². The Kier molecular flexibility index (Phi) is 3.48. The minimum Gasteiger partial charge on any atom is -0.493 e. The van der Waals surface area contributed by atoms with E-state index in [1.165, 1.54) is 0 Å². The molecule has 1 rings (SSSR count). The van der Waals surface area contributed by atoms with Crippen LogP contribution in [0, 0.1) is 13.8 Å². The number of rotatable bonds is 3. The van der Waals surface area contributed by atoms with Crippen LogP contribution in [0.1, 0.15) is 30.5 Å². The average molecular weight is 224 g/mol. The Morgan fingerprint density at radius 3 is 1.94 bits per heavy atom. The van der Waals surface area contributed by atoms with E-state index in [-0.39, 0.29) is 0 Å². The van der Waals surface area contributed by atoms with Crippen LogP contribution in [0.4, 0.5) is 0 Å². The lowest BCUT2D eigenvalue weighted by atomic mass is 9.93. The molecular formula is C13H20O3. The van der Waals surface area contributed by atoms with Crippen LogP contribution in [0.3, 0.4) is 0 Å². The molecule has 0 atom stereocenters. The largest absolute Gasteiger partial charge is 0.493 e. The van der Waals surface area contributed by atoms with Crippen LogP contribution in [-0.2, 0) is 5.60 Å². The predicted octanol–water partition coefficient (Wildman–Crippen LogP) is 2.55. The summed E-state index contributed by atoms with van der Waals surface area (Å²) in [6, 6.07) is 1.94. The number of hydrogen-bond donors (Lipinski definition) is 1. The Bertz CT molecular complexity index is 389. The smallest absolute Gasteiger partial charge is 0.167 e. The number of aliphatic hydroxyl groups is 1. The van der Waals surface area contributed by atoms with Gasteiger partial charge in [0, 0.05) is 5.56 Å². The molecule has 0 radical (unpaired) electrons. The zero-order chi connectivity index (χ0) is 12.5. The van der Waals surface area contributed by atoms with Gasteiger partial charge < -0.3 is 14.6 Å². The molecule has 0 saturated carbocycles. The van der Waals surface area contributed by atoms with E-state index in [0.29, 0.717) is 11.5 Å². The van der Waals surface area contributed by atoms with E-state index in [0.717, 1.165) is 16.7 Å². The van der Waals surface area contributed by atoms with Gasteiger partial charge in [-0.2, -0.15) is 0 Å². The summed E-state index contributed by atoms with van der Waals surface area (Å²) in [5, 5.41) is 10.1. The zero-order valence-electron chi connectivity index (χ0n) is 10.8. The molecule has 0 amide bonds. The standard InChI is InChI=1S/C13H20O3/c1-8-7-10(13(3,4)14)12(16-6)11(15-5)9(8)2/h7,14H,1-6H3. The third-order valence-electron chi connectivity index (χ3n) is 2.81. The van der Waals surface area contributed by atoms with Gasteiger partial charge in [-0.25, -0.2) is 0 Å². The predicted molar refractivity (Wildman–Crippen MR) is 64.3 cm³/mol. The molecular weight excluding hydrogens is 204 g/mol. The van der Waals surface area contributed by atoms with E-state index in [4.69, 9.17) is 9.47 Å². The van der Waals surface area contributed by atoms with Crippen molar-refractivity contribution in [3.63, 3.8) is 0 Å². The molecule has 3 heteroatoms.